The number of carboxylic acid groups (broad SMARTS) is 1. The molecule has 23 heavy (non-hydrogen) atoms. The summed E-state index contributed by atoms with van der Waals surface area (Å²) in [7, 11) is 0. The van der Waals surface area contributed by atoms with E-state index in [1.165, 1.54) is 0 Å². The molecule has 1 aromatic carbocycles. The molecule has 122 valence electrons. The molecule has 1 fully saturated rings. The van der Waals surface area contributed by atoms with E-state index in [0.29, 0.717) is 26.1 Å². The first kappa shape index (κ1) is 15.8. The Morgan fingerprint density at radius 3 is 2.48 bits per heavy atom. The molecule has 0 saturated carbocycles. The van der Waals surface area contributed by atoms with Gasteiger partial charge in [0, 0.05) is 37.4 Å². The number of aryl methyl sites for hydroxylation is 1. The van der Waals surface area contributed by atoms with Gasteiger partial charge in [0.1, 0.15) is 5.54 Å². The molecule has 4 nitrogen and oxygen atoms in total. The molecular formula is C19H23NO3. The lowest BCUT2D eigenvalue weighted by Gasteiger charge is -2.37. The zero-order chi connectivity index (χ0) is 16.3. The molecule has 2 heterocycles. The van der Waals surface area contributed by atoms with Crippen LogP contribution in [0.25, 0.3) is 11.3 Å². The SMILES string of the molecule is CCCc1ccc(-c2ccccc2)n1C1(C(=O)O)CCOCC1. The van der Waals surface area contributed by atoms with Crippen molar-refractivity contribution < 1.29 is 14.6 Å². The molecule has 3 rings (SSSR count). The zero-order valence-corrected chi connectivity index (χ0v) is 13.5. The van der Waals surface area contributed by atoms with Gasteiger partial charge < -0.3 is 14.4 Å². The summed E-state index contributed by atoms with van der Waals surface area (Å²) in [5.74, 6) is -0.758. The Hall–Kier alpha value is -2.07. The van der Waals surface area contributed by atoms with Crippen molar-refractivity contribution in [2.24, 2.45) is 0 Å². The molecule has 0 atom stereocenters. The van der Waals surface area contributed by atoms with Crippen LogP contribution in [0.3, 0.4) is 0 Å². The minimum Gasteiger partial charge on any atom is -0.479 e. The van der Waals surface area contributed by atoms with Crippen LogP contribution in [0.4, 0.5) is 0 Å². The second-order valence-electron chi connectivity index (χ2n) is 6.11. The van der Waals surface area contributed by atoms with Crippen molar-refractivity contribution in [3.05, 3.63) is 48.2 Å². The smallest absolute Gasteiger partial charge is 0.330 e. The van der Waals surface area contributed by atoms with Gasteiger partial charge in [-0.3, -0.25) is 0 Å². The van der Waals surface area contributed by atoms with Gasteiger partial charge in [-0.05, 0) is 24.1 Å². The molecule has 1 aliphatic rings. The Labute approximate surface area is 136 Å². The van der Waals surface area contributed by atoms with Crippen LogP contribution >= 0.6 is 0 Å². The van der Waals surface area contributed by atoms with Crippen molar-refractivity contribution in [3.63, 3.8) is 0 Å². The molecule has 4 heteroatoms. The molecule has 0 spiro atoms. The number of carboxylic acids is 1. The number of rotatable bonds is 5. The topological polar surface area (TPSA) is 51.5 Å². The Morgan fingerprint density at radius 1 is 1.17 bits per heavy atom. The van der Waals surface area contributed by atoms with E-state index >= 15 is 0 Å². The lowest BCUT2D eigenvalue weighted by Crippen LogP contribution is -2.47. The van der Waals surface area contributed by atoms with Gasteiger partial charge in [0.15, 0.2) is 0 Å². The Balaban J connectivity index is 2.18. The number of carbonyl (C=O) groups is 1. The Bertz CT molecular complexity index is 669. The number of nitrogens with zero attached hydrogens (tertiary/aromatic N) is 1. The highest BCUT2D eigenvalue weighted by Gasteiger charge is 2.44. The highest BCUT2D eigenvalue weighted by atomic mass is 16.5. The van der Waals surface area contributed by atoms with Crippen molar-refractivity contribution in [2.75, 3.05) is 13.2 Å². The summed E-state index contributed by atoms with van der Waals surface area (Å²) in [5.41, 5.74) is 2.23. The van der Waals surface area contributed by atoms with Crippen molar-refractivity contribution in [1.82, 2.24) is 4.57 Å². The fourth-order valence-corrected chi connectivity index (χ4v) is 3.51. The first-order valence-corrected chi connectivity index (χ1v) is 8.27. The molecule has 2 aromatic rings. The quantitative estimate of drug-likeness (QED) is 0.915. The van der Waals surface area contributed by atoms with Gasteiger partial charge in [0.05, 0.1) is 0 Å². The van der Waals surface area contributed by atoms with Crippen molar-refractivity contribution in [1.29, 1.82) is 0 Å². The van der Waals surface area contributed by atoms with Crippen LogP contribution in [-0.2, 0) is 21.5 Å². The minimum absolute atomic E-state index is 0.490. The highest BCUT2D eigenvalue weighted by Crippen LogP contribution is 2.37. The van der Waals surface area contributed by atoms with Gasteiger partial charge in [-0.2, -0.15) is 0 Å². The average Bonchev–Trinajstić information content (AvgIpc) is 3.01. The third-order valence-electron chi connectivity index (χ3n) is 4.68. The van der Waals surface area contributed by atoms with E-state index in [9.17, 15) is 9.90 Å². The predicted octanol–water partition coefficient (Wildman–Crippen LogP) is 3.70. The summed E-state index contributed by atoms with van der Waals surface area (Å²) in [5, 5.41) is 10.0. The van der Waals surface area contributed by atoms with Gasteiger partial charge >= 0.3 is 5.97 Å². The van der Waals surface area contributed by atoms with Crippen molar-refractivity contribution in [2.45, 2.75) is 38.1 Å². The molecule has 0 unspecified atom stereocenters. The summed E-state index contributed by atoms with van der Waals surface area (Å²) >= 11 is 0. The van der Waals surface area contributed by atoms with E-state index in [1.54, 1.807) is 0 Å². The lowest BCUT2D eigenvalue weighted by atomic mass is 9.88. The standard InChI is InChI=1S/C19H23NO3/c1-2-6-16-9-10-17(15-7-4-3-5-8-15)20(16)19(18(21)22)11-13-23-14-12-19/h3-5,7-10H,2,6,11-14H2,1H3,(H,21,22). The molecular weight excluding hydrogens is 290 g/mol. The van der Waals surface area contributed by atoms with E-state index in [1.807, 2.05) is 30.3 Å². The van der Waals surface area contributed by atoms with Crippen LogP contribution in [-0.4, -0.2) is 28.9 Å². The first-order valence-electron chi connectivity index (χ1n) is 8.27. The summed E-state index contributed by atoms with van der Waals surface area (Å²) < 4.78 is 7.51. The van der Waals surface area contributed by atoms with Crippen molar-refractivity contribution >= 4 is 5.97 Å². The molecule has 1 N–H and O–H groups in total. The number of hydrogen-bond acceptors (Lipinski definition) is 2. The van der Waals surface area contributed by atoms with Gasteiger partial charge in [-0.1, -0.05) is 43.7 Å². The molecule has 1 aliphatic heterocycles. The molecule has 0 radical (unpaired) electrons. The number of aromatic nitrogens is 1. The van der Waals surface area contributed by atoms with Crippen LogP contribution in [0, 0.1) is 0 Å². The number of ether oxygens (including phenoxy) is 1. The van der Waals surface area contributed by atoms with Crippen LogP contribution < -0.4 is 0 Å². The molecule has 1 aromatic heterocycles. The van der Waals surface area contributed by atoms with E-state index in [2.05, 4.69) is 23.6 Å². The lowest BCUT2D eigenvalue weighted by molar-refractivity contribution is -0.153. The number of aliphatic carboxylic acids is 1. The van der Waals surface area contributed by atoms with Crippen LogP contribution in [0.15, 0.2) is 42.5 Å². The van der Waals surface area contributed by atoms with Gasteiger partial charge in [-0.25, -0.2) is 4.79 Å². The zero-order valence-electron chi connectivity index (χ0n) is 13.5. The van der Waals surface area contributed by atoms with Crippen LogP contribution in [0.2, 0.25) is 0 Å². The van der Waals surface area contributed by atoms with Gasteiger partial charge in [-0.15, -0.1) is 0 Å². The summed E-state index contributed by atoms with van der Waals surface area (Å²) in [4.78, 5) is 12.2. The largest absolute Gasteiger partial charge is 0.479 e. The predicted molar refractivity (Wildman–Crippen MR) is 89.5 cm³/mol. The Morgan fingerprint density at radius 2 is 1.87 bits per heavy atom. The molecule has 0 bridgehead atoms. The highest BCUT2D eigenvalue weighted by molar-refractivity contribution is 5.79. The van der Waals surface area contributed by atoms with E-state index in [-0.39, 0.29) is 0 Å². The summed E-state index contributed by atoms with van der Waals surface area (Å²) in [6.07, 6.45) is 2.88. The maximum atomic E-state index is 12.2. The second kappa shape index (κ2) is 6.59. The Kier molecular flexibility index (Phi) is 4.53. The van der Waals surface area contributed by atoms with Crippen LogP contribution in [0.5, 0.6) is 0 Å². The van der Waals surface area contributed by atoms with Gasteiger partial charge in [0.25, 0.3) is 0 Å². The third kappa shape index (κ3) is 2.79. The molecule has 1 saturated heterocycles. The number of hydrogen-bond donors (Lipinski definition) is 1. The van der Waals surface area contributed by atoms with E-state index < -0.39 is 11.5 Å². The molecule has 0 amide bonds. The number of benzene rings is 1. The normalized spacial score (nSPS) is 17.1. The minimum atomic E-state index is -0.905. The van der Waals surface area contributed by atoms with Crippen molar-refractivity contribution in [3.8, 4) is 11.3 Å². The second-order valence-corrected chi connectivity index (χ2v) is 6.11. The summed E-state index contributed by atoms with van der Waals surface area (Å²) in [6, 6.07) is 14.2. The average molecular weight is 313 g/mol. The first-order chi connectivity index (χ1) is 11.2. The maximum Gasteiger partial charge on any atom is 0.330 e. The maximum absolute atomic E-state index is 12.2. The van der Waals surface area contributed by atoms with Crippen LogP contribution in [0.1, 0.15) is 31.9 Å². The molecule has 0 aliphatic carbocycles. The monoisotopic (exact) mass is 313 g/mol. The van der Waals surface area contributed by atoms with Gasteiger partial charge in [0.2, 0.25) is 0 Å². The fraction of sp³-hybridized carbons (Fsp3) is 0.421. The summed E-state index contributed by atoms with van der Waals surface area (Å²) in [6.45, 7) is 3.10. The van der Waals surface area contributed by atoms with E-state index in [4.69, 9.17) is 4.74 Å². The third-order valence-corrected chi connectivity index (χ3v) is 4.68. The fourth-order valence-electron chi connectivity index (χ4n) is 3.51. The van der Waals surface area contributed by atoms with E-state index in [0.717, 1.165) is 29.8 Å².